The lowest BCUT2D eigenvalue weighted by molar-refractivity contribution is -0.114. The number of nitrogens with zero attached hydrogens (tertiary/aromatic N) is 2. The van der Waals surface area contributed by atoms with Gasteiger partial charge in [0.1, 0.15) is 11.6 Å². The quantitative estimate of drug-likeness (QED) is 0.344. The molecule has 0 aliphatic carbocycles. The Kier molecular flexibility index (Phi) is 8.11. The predicted octanol–water partition coefficient (Wildman–Crippen LogP) is 5.54. The zero-order valence-corrected chi connectivity index (χ0v) is 20.1. The summed E-state index contributed by atoms with van der Waals surface area (Å²) in [6, 6.07) is 7.09. The second-order valence-electron chi connectivity index (χ2n) is 7.68. The highest BCUT2D eigenvalue weighted by Crippen LogP contribution is 2.37. The van der Waals surface area contributed by atoms with Crippen molar-refractivity contribution >= 4 is 40.6 Å². The number of phenolic OH excluding ortho intramolecular Hbond substituents is 1. The molecule has 7 nitrogen and oxygen atoms in total. The third-order valence-electron chi connectivity index (χ3n) is 4.99. The lowest BCUT2D eigenvalue weighted by Gasteiger charge is -2.16. The maximum absolute atomic E-state index is 14.9. The van der Waals surface area contributed by atoms with Crippen LogP contribution in [-0.4, -0.2) is 34.9 Å². The molecule has 34 heavy (non-hydrogen) atoms. The molecule has 11 heteroatoms. The molecule has 1 aromatic heterocycles. The second-order valence-corrected chi connectivity index (χ2v) is 8.46. The van der Waals surface area contributed by atoms with Gasteiger partial charge in [0.25, 0.3) is 0 Å². The van der Waals surface area contributed by atoms with Crippen molar-refractivity contribution in [1.82, 2.24) is 10.2 Å². The van der Waals surface area contributed by atoms with E-state index in [0.717, 1.165) is 0 Å². The molecule has 0 saturated heterocycles. The molecular weight excluding hydrogens is 489 g/mol. The van der Waals surface area contributed by atoms with Gasteiger partial charge in [-0.3, -0.25) is 4.79 Å². The number of nitrogens with one attached hydrogen (secondary N) is 2. The van der Waals surface area contributed by atoms with Crippen LogP contribution in [0.5, 0.6) is 11.6 Å². The SMILES string of the molecule is COc1ccc(NC(=O)CNc2cc(Cl)c(Cc3ccc(O)c(C(C)C)c3F)c(Cl)c2F)nn1. The van der Waals surface area contributed by atoms with Crippen LogP contribution in [-0.2, 0) is 11.2 Å². The number of phenols is 1. The van der Waals surface area contributed by atoms with E-state index in [0.29, 0.717) is 0 Å². The highest BCUT2D eigenvalue weighted by molar-refractivity contribution is 6.36. The summed E-state index contributed by atoms with van der Waals surface area (Å²) < 4.78 is 34.7. The van der Waals surface area contributed by atoms with E-state index in [4.69, 9.17) is 27.9 Å². The Balaban J connectivity index is 1.75. The molecule has 3 aromatic rings. The Labute approximate surface area is 205 Å². The van der Waals surface area contributed by atoms with Crippen molar-refractivity contribution in [3.63, 3.8) is 0 Å². The van der Waals surface area contributed by atoms with Gasteiger partial charge in [-0.05, 0) is 35.2 Å². The molecule has 1 heterocycles. The van der Waals surface area contributed by atoms with Gasteiger partial charge in [0.05, 0.1) is 24.4 Å². The summed E-state index contributed by atoms with van der Waals surface area (Å²) in [6.07, 6.45) is -0.0860. The molecule has 0 unspecified atom stereocenters. The summed E-state index contributed by atoms with van der Waals surface area (Å²) in [6.45, 7) is 3.19. The third kappa shape index (κ3) is 5.66. The summed E-state index contributed by atoms with van der Waals surface area (Å²) in [5.41, 5.74) is 0.467. The third-order valence-corrected chi connectivity index (χ3v) is 5.72. The molecule has 1 amide bonds. The van der Waals surface area contributed by atoms with Crippen molar-refractivity contribution < 1.29 is 23.4 Å². The van der Waals surface area contributed by atoms with E-state index in [9.17, 15) is 18.7 Å². The molecule has 0 radical (unpaired) electrons. The molecule has 0 atom stereocenters. The molecule has 0 aliphatic rings. The van der Waals surface area contributed by atoms with Crippen LogP contribution in [0.1, 0.15) is 36.5 Å². The Morgan fingerprint density at radius 3 is 2.50 bits per heavy atom. The molecule has 0 fully saturated rings. The van der Waals surface area contributed by atoms with Gasteiger partial charge in [-0.25, -0.2) is 8.78 Å². The van der Waals surface area contributed by atoms with E-state index in [-0.39, 0.29) is 68.8 Å². The fourth-order valence-electron chi connectivity index (χ4n) is 3.29. The molecule has 2 aromatic carbocycles. The average molecular weight is 511 g/mol. The molecule has 3 rings (SSSR count). The van der Waals surface area contributed by atoms with Gasteiger partial charge < -0.3 is 20.5 Å². The molecule has 3 N–H and O–H groups in total. The van der Waals surface area contributed by atoms with Crippen molar-refractivity contribution in [3.8, 4) is 11.6 Å². The number of aromatic hydroxyl groups is 1. The molecule has 0 aliphatic heterocycles. The van der Waals surface area contributed by atoms with E-state index < -0.39 is 17.5 Å². The van der Waals surface area contributed by atoms with Crippen LogP contribution in [0.15, 0.2) is 30.3 Å². The number of benzene rings is 2. The number of carbonyl (C=O) groups is 1. The maximum atomic E-state index is 14.9. The number of aromatic nitrogens is 2. The topological polar surface area (TPSA) is 96.4 Å². The number of rotatable bonds is 8. The van der Waals surface area contributed by atoms with Gasteiger partial charge in [-0.1, -0.05) is 43.1 Å². The number of methoxy groups -OCH3 is 1. The van der Waals surface area contributed by atoms with Gasteiger partial charge >= 0.3 is 0 Å². The zero-order valence-electron chi connectivity index (χ0n) is 18.5. The highest BCUT2D eigenvalue weighted by atomic mass is 35.5. The van der Waals surface area contributed by atoms with Crippen LogP contribution in [0.25, 0.3) is 0 Å². The van der Waals surface area contributed by atoms with Crippen molar-refractivity contribution in [3.05, 3.63) is 68.7 Å². The first kappa shape index (κ1) is 25.5. The van der Waals surface area contributed by atoms with Gasteiger partial charge in [0.2, 0.25) is 11.8 Å². The number of hydrogen-bond acceptors (Lipinski definition) is 6. The summed E-state index contributed by atoms with van der Waals surface area (Å²) in [5.74, 6) is -1.87. The number of hydrogen-bond donors (Lipinski definition) is 3. The fourth-order valence-corrected chi connectivity index (χ4v) is 3.87. The van der Waals surface area contributed by atoms with E-state index in [1.54, 1.807) is 13.8 Å². The second kappa shape index (κ2) is 10.8. The normalized spacial score (nSPS) is 10.9. The number of carbonyl (C=O) groups excluding carboxylic acids is 1. The van der Waals surface area contributed by atoms with Crippen LogP contribution < -0.4 is 15.4 Å². The molecular formula is C23H22Cl2F2N4O3. The summed E-state index contributed by atoms with van der Waals surface area (Å²) in [5, 5.41) is 22.4. The lowest BCUT2D eigenvalue weighted by atomic mass is 9.95. The van der Waals surface area contributed by atoms with Gasteiger partial charge in [0.15, 0.2) is 11.6 Å². The van der Waals surface area contributed by atoms with Crippen LogP contribution in [0.3, 0.4) is 0 Å². The Morgan fingerprint density at radius 2 is 1.88 bits per heavy atom. The van der Waals surface area contributed by atoms with E-state index in [1.807, 2.05) is 0 Å². The van der Waals surface area contributed by atoms with Crippen molar-refractivity contribution in [2.24, 2.45) is 0 Å². The monoisotopic (exact) mass is 510 g/mol. The number of ether oxygens (including phenoxy) is 1. The zero-order chi connectivity index (χ0) is 25.0. The lowest BCUT2D eigenvalue weighted by Crippen LogP contribution is -2.23. The van der Waals surface area contributed by atoms with E-state index in [2.05, 4.69) is 20.8 Å². The molecule has 0 spiro atoms. The number of halogens is 4. The first-order valence-electron chi connectivity index (χ1n) is 10.2. The van der Waals surface area contributed by atoms with Crippen molar-refractivity contribution in [1.29, 1.82) is 0 Å². The molecule has 180 valence electrons. The van der Waals surface area contributed by atoms with Crippen molar-refractivity contribution in [2.75, 3.05) is 24.3 Å². The van der Waals surface area contributed by atoms with Crippen LogP contribution in [0.2, 0.25) is 10.0 Å². The maximum Gasteiger partial charge on any atom is 0.244 e. The Morgan fingerprint density at radius 1 is 1.15 bits per heavy atom. The minimum Gasteiger partial charge on any atom is -0.508 e. The van der Waals surface area contributed by atoms with Gasteiger partial charge in [0, 0.05) is 23.1 Å². The van der Waals surface area contributed by atoms with Gasteiger partial charge in [-0.15, -0.1) is 10.2 Å². The average Bonchev–Trinajstić information content (AvgIpc) is 2.79. The first-order chi connectivity index (χ1) is 16.1. The van der Waals surface area contributed by atoms with Crippen LogP contribution >= 0.6 is 23.2 Å². The summed E-state index contributed by atoms with van der Waals surface area (Å²) >= 11 is 12.5. The first-order valence-corrected chi connectivity index (χ1v) is 11.0. The number of amides is 1. The minimum absolute atomic E-state index is 0.0860. The van der Waals surface area contributed by atoms with Crippen LogP contribution in [0.4, 0.5) is 20.3 Å². The Hall–Kier alpha value is -3.17. The minimum atomic E-state index is -0.832. The van der Waals surface area contributed by atoms with E-state index >= 15 is 0 Å². The number of anilines is 2. The Bertz CT molecular complexity index is 1210. The predicted molar refractivity (Wildman–Crippen MR) is 127 cm³/mol. The summed E-state index contributed by atoms with van der Waals surface area (Å²) in [7, 11) is 1.44. The highest BCUT2D eigenvalue weighted by Gasteiger charge is 2.21. The molecule has 0 bridgehead atoms. The standard InChI is InChI=1S/C23H22Cl2F2N4O3/c1-11(2)20-16(32)5-4-12(22(20)26)8-13-14(24)9-15(23(27)21(13)25)28-10-18(33)29-17-6-7-19(34-3)31-30-17/h4-7,9,11,28,32H,8,10H2,1-3H3,(H,29,30,33). The van der Waals surface area contributed by atoms with Gasteiger partial charge in [-0.2, -0.15) is 0 Å². The summed E-state index contributed by atoms with van der Waals surface area (Å²) in [4.78, 5) is 12.2. The smallest absolute Gasteiger partial charge is 0.244 e. The molecule has 0 saturated carbocycles. The van der Waals surface area contributed by atoms with Crippen LogP contribution in [0, 0.1) is 11.6 Å². The van der Waals surface area contributed by atoms with E-state index in [1.165, 1.54) is 37.4 Å². The fraction of sp³-hybridized carbons (Fsp3) is 0.261. The largest absolute Gasteiger partial charge is 0.508 e. The van der Waals surface area contributed by atoms with Crippen molar-refractivity contribution in [2.45, 2.75) is 26.2 Å².